The normalized spacial score (nSPS) is 15.1. The molecule has 0 atom stereocenters. The van der Waals surface area contributed by atoms with Crippen molar-refractivity contribution in [1.82, 2.24) is 20.0 Å². The monoisotopic (exact) mass is 466 g/mol. The second-order valence-electron chi connectivity index (χ2n) is 8.72. The van der Waals surface area contributed by atoms with E-state index in [2.05, 4.69) is 10.4 Å². The van der Waals surface area contributed by atoms with Crippen molar-refractivity contribution in [1.29, 1.82) is 0 Å². The van der Waals surface area contributed by atoms with Gasteiger partial charge in [0, 0.05) is 24.2 Å². The Morgan fingerprint density at radius 1 is 1.19 bits per heavy atom. The van der Waals surface area contributed by atoms with Crippen molar-refractivity contribution in [3.8, 4) is 0 Å². The summed E-state index contributed by atoms with van der Waals surface area (Å²) < 4.78 is 7.00. The van der Waals surface area contributed by atoms with Crippen molar-refractivity contribution >= 4 is 35.2 Å². The Morgan fingerprint density at radius 3 is 2.45 bits per heavy atom. The predicted molar refractivity (Wildman–Crippen MR) is 121 cm³/mol. The third-order valence-electron chi connectivity index (χ3n) is 5.05. The van der Waals surface area contributed by atoms with E-state index in [9.17, 15) is 9.59 Å². The number of nitrogens with zero attached hydrogens (tertiary/aromatic N) is 3. The van der Waals surface area contributed by atoms with Gasteiger partial charge >= 0.3 is 6.09 Å². The summed E-state index contributed by atoms with van der Waals surface area (Å²) in [5.41, 5.74) is 1.26. The van der Waals surface area contributed by atoms with Crippen molar-refractivity contribution in [3.63, 3.8) is 0 Å². The first-order valence-electron chi connectivity index (χ1n) is 10.3. The number of halogens is 2. The van der Waals surface area contributed by atoms with Gasteiger partial charge in [-0.05, 0) is 52.2 Å². The number of rotatable bonds is 4. The molecule has 2 aromatic rings. The summed E-state index contributed by atoms with van der Waals surface area (Å²) >= 11 is 12.7. The molecule has 0 bridgehead atoms. The van der Waals surface area contributed by atoms with Gasteiger partial charge in [0.2, 0.25) is 0 Å². The zero-order valence-corrected chi connectivity index (χ0v) is 19.8. The molecule has 1 N–H and O–H groups in total. The van der Waals surface area contributed by atoms with Gasteiger partial charge in [-0.25, -0.2) is 9.48 Å². The Kier molecular flexibility index (Phi) is 7.17. The van der Waals surface area contributed by atoms with E-state index in [4.69, 9.17) is 27.9 Å². The number of hydrogen-bond acceptors (Lipinski definition) is 4. The van der Waals surface area contributed by atoms with E-state index in [0.717, 1.165) is 5.56 Å². The Labute approximate surface area is 192 Å². The fourth-order valence-corrected chi connectivity index (χ4v) is 4.01. The standard InChI is InChI=1S/C22H28Cl2N4O3/c1-14-18(19(24)28(26-14)13-15-7-5-6-8-17(15)23)20(29)25-16-9-11-27(12-10-16)21(30)31-22(2,3)4/h5-8,16H,9-13H2,1-4H3,(H,25,29). The molecule has 1 fully saturated rings. The van der Waals surface area contributed by atoms with E-state index in [-0.39, 0.29) is 23.2 Å². The number of likely N-dealkylation sites (tertiary alicyclic amines) is 1. The number of benzene rings is 1. The minimum atomic E-state index is -0.527. The minimum Gasteiger partial charge on any atom is -0.444 e. The highest BCUT2D eigenvalue weighted by atomic mass is 35.5. The lowest BCUT2D eigenvalue weighted by Crippen LogP contribution is -2.47. The SMILES string of the molecule is Cc1nn(Cc2ccccc2Cl)c(Cl)c1C(=O)NC1CCN(C(=O)OC(C)(C)C)CC1. The average molecular weight is 467 g/mol. The van der Waals surface area contributed by atoms with Gasteiger partial charge < -0.3 is 15.0 Å². The molecule has 0 radical (unpaired) electrons. The van der Waals surface area contributed by atoms with Gasteiger partial charge in [0.1, 0.15) is 10.8 Å². The molecular weight excluding hydrogens is 439 g/mol. The number of piperidine rings is 1. The van der Waals surface area contributed by atoms with Crippen LogP contribution in [-0.2, 0) is 11.3 Å². The van der Waals surface area contributed by atoms with Gasteiger partial charge in [-0.15, -0.1) is 0 Å². The maximum atomic E-state index is 12.9. The summed E-state index contributed by atoms with van der Waals surface area (Å²) in [6.07, 6.45) is 0.974. The lowest BCUT2D eigenvalue weighted by Gasteiger charge is -2.33. The van der Waals surface area contributed by atoms with E-state index in [1.165, 1.54) is 0 Å². The van der Waals surface area contributed by atoms with Gasteiger partial charge in [0.05, 0.1) is 17.8 Å². The zero-order chi connectivity index (χ0) is 22.8. The zero-order valence-electron chi connectivity index (χ0n) is 18.2. The third-order valence-corrected chi connectivity index (χ3v) is 5.81. The first-order valence-corrected chi connectivity index (χ1v) is 11.1. The van der Waals surface area contributed by atoms with Crippen LogP contribution in [-0.4, -0.2) is 51.4 Å². The molecule has 9 heteroatoms. The van der Waals surface area contributed by atoms with Crippen LogP contribution in [0.4, 0.5) is 4.79 Å². The van der Waals surface area contributed by atoms with Gasteiger partial charge in [-0.1, -0.05) is 41.4 Å². The number of nitrogens with one attached hydrogen (secondary N) is 1. The Bertz CT molecular complexity index is 960. The van der Waals surface area contributed by atoms with E-state index in [0.29, 0.717) is 48.8 Å². The largest absolute Gasteiger partial charge is 0.444 e. The lowest BCUT2D eigenvalue weighted by molar-refractivity contribution is 0.0199. The van der Waals surface area contributed by atoms with Crippen LogP contribution in [0.1, 0.15) is 55.2 Å². The van der Waals surface area contributed by atoms with Gasteiger partial charge in [0.25, 0.3) is 5.91 Å². The Hall–Kier alpha value is -2.25. The second-order valence-corrected chi connectivity index (χ2v) is 9.48. The maximum Gasteiger partial charge on any atom is 0.410 e. The molecule has 31 heavy (non-hydrogen) atoms. The molecular formula is C22H28Cl2N4O3. The first kappa shape index (κ1) is 23.4. The molecule has 1 aromatic carbocycles. The lowest BCUT2D eigenvalue weighted by atomic mass is 10.0. The molecule has 2 heterocycles. The molecule has 168 valence electrons. The van der Waals surface area contributed by atoms with E-state index in [1.807, 2.05) is 39.0 Å². The van der Waals surface area contributed by atoms with Gasteiger partial charge in [-0.3, -0.25) is 4.79 Å². The summed E-state index contributed by atoms with van der Waals surface area (Å²) in [6.45, 7) is 8.72. The summed E-state index contributed by atoms with van der Waals surface area (Å²) in [6, 6.07) is 7.40. The number of ether oxygens (including phenoxy) is 1. The second kappa shape index (κ2) is 9.49. The Balaban J connectivity index is 1.61. The number of aryl methyl sites for hydroxylation is 1. The van der Waals surface area contributed by atoms with Crippen LogP contribution in [0.5, 0.6) is 0 Å². The quantitative estimate of drug-likeness (QED) is 0.709. The van der Waals surface area contributed by atoms with E-state index in [1.54, 1.807) is 22.6 Å². The summed E-state index contributed by atoms with van der Waals surface area (Å²) in [5, 5.41) is 8.36. The van der Waals surface area contributed by atoms with Gasteiger partial charge in [-0.2, -0.15) is 5.10 Å². The molecule has 1 aliphatic rings. The topological polar surface area (TPSA) is 76.5 Å². The van der Waals surface area contributed by atoms with Crippen molar-refractivity contribution in [3.05, 3.63) is 51.3 Å². The summed E-state index contributed by atoms with van der Waals surface area (Å²) in [5.74, 6) is -0.261. The van der Waals surface area contributed by atoms with Crippen LogP contribution in [0.2, 0.25) is 10.2 Å². The fourth-order valence-electron chi connectivity index (χ4n) is 3.49. The number of hydrogen-bond donors (Lipinski definition) is 1. The predicted octanol–water partition coefficient (Wildman–Crippen LogP) is 4.68. The smallest absolute Gasteiger partial charge is 0.410 e. The number of amides is 2. The van der Waals surface area contributed by atoms with Crippen LogP contribution in [0, 0.1) is 6.92 Å². The molecule has 7 nitrogen and oxygen atoms in total. The molecule has 2 amide bonds. The van der Waals surface area contributed by atoms with E-state index < -0.39 is 5.60 Å². The highest BCUT2D eigenvalue weighted by Crippen LogP contribution is 2.24. The molecule has 0 aliphatic carbocycles. The molecule has 1 saturated heterocycles. The van der Waals surface area contributed by atoms with Crippen molar-refractivity contribution < 1.29 is 14.3 Å². The van der Waals surface area contributed by atoms with E-state index >= 15 is 0 Å². The van der Waals surface area contributed by atoms with Crippen molar-refractivity contribution in [2.24, 2.45) is 0 Å². The number of carbonyl (C=O) groups excluding carboxylic acids is 2. The van der Waals surface area contributed by atoms with Crippen molar-refractivity contribution in [2.45, 2.75) is 58.7 Å². The minimum absolute atomic E-state index is 0.0476. The molecule has 3 rings (SSSR count). The van der Waals surface area contributed by atoms with Gasteiger partial charge in [0.15, 0.2) is 0 Å². The Morgan fingerprint density at radius 2 is 1.84 bits per heavy atom. The maximum absolute atomic E-state index is 12.9. The molecule has 1 aromatic heterocycles. The molecule has 0 unspecified atom stereocenters. The number of carbonyl (C=O) groups is 2. The summed E-state index contributed by atoms with van der Waals surface area (Å²) in [4.78, 5) is 26.8. The van der Waals surface area contributed by atoms with Crippen LogP contribution in [0.3, 0.4) is 0 Å². The van der Waals surface area contributed by atoms with Crippen LogP contribution in [0.15, 0.2) is 24.3 Å². The highest BCUT2D eigenvalue weighted by molar-refractivity contribution is 6.33. The first-order chi connectivity index (χ1) is 14.5. The molecule has 0 saturated carbocycles. The van der Waals surface area contributed by atoms with Crippen LogP contribution in [0.25, 0.3) is 0 Å². The molecule has 0 spiro atoms. The molecule has 1 aliphatic heterocycles. The van der Waals surface area contributed by atoms with Crippen molar-refractivity contribution in [2.75, 3.05) is 13.1 Å². The third kappa shape index (κ3) is 5.92. The average Bonchev–Trinajstić information content (AvgIpc) is 2.96. The van der Waals surface area contributed by atoms with Crippen LogP contribution >= 0.6 is 23.2 Å². The highest BCUT2D eigenvalue weighted by Gasteiger charge is 2.29. The van der Waals surface area contributed by atoms with Crippen LogP contribution < -0.4 is 5.32 Å². The number of aromatic nitrogens is 2. The summed E-state index contributed by atoms with van der Waals surface area (Å²) in [7, 11) is 0. The fraction of sp³-hybridized carbons (Fsp3) is 0.500.